The predicted octanol–water partition coefficient (Wildman–Crippen LogP) is 2.23. The average Bonchev–Trinajstić information content (AvgIpc) is 3.18. The second-order valence-electron chi connectivity index (χ2n) is 6.84. The van der Waals surface area contributed by atoms with Gasteiger partial charge in [0, 0.05) is 48.8 Å². The fourth-order valence-corrected chi connectivity index (χ4v) is 4.84. The van der Waals surface area contributed by atoms with Crippen LogP contribution in [0.3, 0.4) is 0 Å². The summed E-state index contributed by atoms with van der Waals surface area (Å²) in [7, 11) is -3.85. The molecule has 1 aliphatic rings. The van der Waals surface area contributed by atoms with E-state index in [1.54, 1.807) is 12.3 Å². The Hall–Kier alpha value is -2.97. The zero-order valence-corrected chi connectivity index (χ0v) is 15.9. The molecular formula is C20H19N5O2S. The Kier molecular flexibility index (Phi) is 4.03. The Morgan fingerprint density at radius 3 is 2.61 bits per heavy atom. The topological polar surface area (TPSA) is 80.1 Å². The molecule has 1 aliphatic heterocycles. The maximum absolute atomic E-state index is 13.3. The first-order valence-corrected chi connectivity index (χ1v) is 10.6. The molecule has 8 heteroatoms. The summed E-state index contributed by atoms with van der Waals surface area (Å²) in [5.41, 5.74) is 2.33. The fraction of sp³-hybridized carbons (Fsp3) is 0.200. The van der Waals surface area contributed by atoms with Crippen molar-refractivity contribution in [1.82, 2.24) is 19.5 Å². The van der Waals surface area contributed by atoms with E-state index in [9.17, 15) is 8.42 Å². The second-order valence-corrected chi connectivity index (χ2v) is 8.60. The average molecular weight is 393 g/mol. The number of aromatic nitrogens is 3. The van der Waals surface area contributed by atoms with E-state index in [1.807, 2.05) is 42.5 Å². The van der Waals surface area contributed by atoms with E-state index >= 15 is 0 Å². The first-order valence-electron chi connectivity index (χ1n) is 9.17. The fourth-order valence-electron chi connectivity index (χ4n) is 3.59. The minimum absolute atomic E-state index is 0.128. The van der Waals surface area contributed by atoms with E-state index in [-0.39, 0.29) is 4.90 Å². The molecule has 4 aromatic rings. The van der Waals surface area contributed by atoms with Crippen LogP contribution in [0.2, 0.25) is 0 Å². The Morgan fingerprint density at radius 2 is 1.75 bits per heavy atom. The SMILES string of the molecule is O=S(=O)(c1cnc2ccccc2c1)n1ncc2ccc(N3CCNCC3)cc21. The molecule has 2 aromatic carbocycles. The molecular weight excluding hydrogens is 374 g/mol. The van der Waals surface area contributed by atoms with Gasteiger partial charge in [0.25, 0.3) is 10.0 Å². The summed E-state index contributed by atoms with van der Waals surface area (Å²) in [6.45, 7) is 3.61. The van der Waals surface area contributed by atoms with Crippen LogP contribution in [0.1, 0.15) is 0 Å². The largest absolute Gasteiger partial charge is 0.369 e. The van der Waals surface area contributed by atoms with Gasteiger partial charge in [0.05, 0.1) is 17.2 Å². The van der Waals surface area contributed by atoms with Crippen molar-refractivity contribution < 1.29 is 8.42 Å². The molecule has 7 nitrogen and oxygen atoms in total. The number of para-hydroxylation sites is 1. The first-order chi connectivity index (χ1) is 13.6. The minimum atomic E-state index is -3.85. The van der Waals surface area contributed by atoms with Crippen molar-refractivity contribution in [2.45, 2.75) is 4.90 Å². The highest BCUT2D eigenvalue weighted by molar-refractivity contribution is 7.90. The number of fused-ring (bicyclic) bond motifs is 2. The van der Waals surface area contributed by atoms with Gasteiger partial charge in [-0.15, -0.1) is 0 Å². The molecule has 1 fully saturated rings. The molecule has 0 radical (unpaired) electrons. The van der Waals surface area contributed by atoms with Gasteiger partial charge in [-0.3, -0.25) is 4.98 Å². The molecule has 0 saturated carbocycles. The van der Waals surface area contributed by atoms with Gasteiger partial charge in [-0.1, -0.05) is 18.2 Å². The number of pyridine rings is 1. The number of nitrogens with one attached hydrogen (secondary N) is 1. The van der Waals surface area contributed by atoms with Gasteiger partial charge in [0.1, 0.15) is 4.90 Å². The molecule has 0 bridgehead atoms. The molecule has 0 amide bonds. The Bertz CT molecular complexity index is 1280. The lowest BCUT2D eigenvalue weighted by Gasteiger charge is -2.29. The molecule has 0 atom stereocenters. The third-order valence-electron chi connectivity index (χ3n) is 5.09. The van der Waals surface area contributed by atoms with Crippen LogP contribution < -0.4 is 10.2 Å². The minimum Gasteiger partial charge on any atom is -0.369 e. The molecule has 0 unspecified atom stereocenters. The van der Waals surface area contributed by atoms with Gasteiger partial charge in [-0.2, -0.15) is 17.6 Å². The highest BCUT2D eigenvalue weighted by Gasteiger charge is 2.22. The number of anilines is 1. The number of rotatable bonds is 3. The van der Waals surface area contributed by atoms with Crippen molar-refractivity contribution in [3.63, 3.8) is 0 Å². The predicted molar refractivity (Wildman–Crippen MR) is 109 cm³/mol. The van der Waals surface area contributed by atoms with Crippen molar-refractivity contribution >= 4 is 37.5 Å². The zero-order chi connectivity index (χ0) is 19.1. The van der Waals surface area contributed by atoms with Crippen LogP contribution in [0, 0.1) is 0 Å². The van der Waals surface area contributed by atoms with E-state index in [1.165, 1.54) is 6.20 Å². The van der Waals surface area contributed by atoms with Crippen LogP contribution in [0.15, 0.2) is 65.8 Å². The monoisotopic (exact) mass is 393 g/mol. The lowest BCUT2D eigenvalue weighted by Crippen LogP contribution is -2.43. The molecule has 0 spiro atoms. The third kappa shape index (κ3) is 2.81. The van der Waals surface area contributed by atoms with Crippen LogP contribution in [-0.2, 0) is 10.0 Å². The van der Waals surface area contributed by atoms with Crippen molar-refractivity contribution in [3.8, 4) is 0 Å². The standard InChI is InChI=1S/C20H19N5O2S/c26-28(27,18-11-15-3-1-2-4-19(15)22-14-18)25-20-12-17(6-5-16(20)13-23-25)24-9-7-21-8-10-24/h1-6,11-14,21H,7-10H2. The van der Waals surface area contributed by atoms with Gasteiger partial charge in [0.15, 0.2) is 0 Å². The molecule has 1 N–H and O–H groups in total. The van der Waals surface area contributed by atoms with Crippen LogP contribution >= 0.6 is 0 Å². The summed E-state index contributed by atoms with van der Waals surface area (Å²) in [6, 6.07) is 14.9. The van der Waals surface area contributed by atoms with Gasteiger partial charge in [0.2, 0.25) is 0 Å². The van der Waals surface area contributed by atoms with E-state index in [0.717, 1.165) is 52.2 Å². The maximum atomic E-state index is 13.3. The van der Waals surface area contributed by atoms with Crippen molar-refractivity contribution in [1.29, 1.82) is 0 Å². The first kappa shape index (κ1) is 17.2. The van der Waals surface area contributed by atoms with E-state index in [0.29, 0.717) is 5.52 Å². The van der Waals surface area contributed by atoms with Gasteiger partial charge in [-0.25, -0.2) is 0 Å². The Morgan fingerprint density at radius 1 is 0.929 bits per heavy atom. The zero-order valence-electron chi connectivity index (χ0n) is 15.1. The van der Waals surface area contributed by atoms with Crippen LogP contribution in [0.4, 0.5) is 5.69 Å². The van der Waals surface area contributed by atoms with Crippen LogP contribution in [-0.4, -0.2) is 48.8 Å². The summed E-state index contributed by atoms with van der Waals surface area (Å²) in [5, 5.41) is 9.07. The summed E-state index contributed by atoms with van der Waals surface area (Å²) >= 11 is 0. The smallest absolute Gasteiger partial charge is 0.285 e. The number of hydrogen-bond acceptors (Lipinski definition) is 6. The van der Waals surface area contributed by atoms with E-state index < -0.39 is 10.0 Å². The highest BCUT2D eigenvalue weighted by atomic mass is 32.2. The van der Waals surface area contributed by atoms with E-state index in [2.05, 4.69) is 20.3 Å². The van der Waals surface area contributed by atoms with Crippen molar-refractivity contribution in [2.75, 3.05) is 31.1 Å². The Labute approximate surface area is 162 Å². The second kappa shape index (κ2) is 6.57. The van der Waals surface area contributed by atoms with Crippen molar-refractivity contribution in [3.05, 3.63) is 60.9 Å². The molecule has 0 aliphatic carbocycles. The van der Waals surface area contributed by atoms with Gasteiger partial charge in [-0.05, 0) is 30.3 Å². The van der Waals surface area contributed by atoms with Crippen LogP contribution in [0.5, 0.6) is 0 Å². The lowest BCUT2D eigenvalue weighted by atomic mass is 10.2. The number of nitrogens with zero attached hydrogens (tertiary/aromatic N) is 4. The quantitative estimate of drug-likeness (QED) is 0.575. The molecule has 28 heavy (non-hydrogen) atoms. The number of hydrogen-bond donors (Lipinski definition) is 1. The van der Waals surface area contributed by atoms with Gasteiger partial charge >= 0.3 is 0 Å². The number of benzene rings is 2. The molecule has 142 valence electrons. The van der Waals surface area contributed by atoms with Gasteiger partial charge < -0.3 is 10.2 Å². The van der Waals surface area contributed by atoms with Crippen molar-refractivity contribution in [2.24, 2.45) is 0 Å². The normalized spacial score (nSPS) is 15.4. The van der Waals surface area contributed by atoms with E-state index in [4.69, 9.17) is 0 Å². The summed E-state index contributed by atoms with van der Waals surface area (Å²) < 4.78 is 27.7. The van der Waals surface area contributed by atoms with Crippen LogP contribution in [0.25, 0.3) is 21.8 Å². The summed E-state index contributed by atoms with van der Waals surface area (Å²) in [5.74, 6) is 0. The molecule has 3 heterocycles. The molecule has 5 rings (SSSR count). The third-order valence-corrected chi connectivity index (χ3v) is 6.66. The maximum Gasteiger partial charge on any atom is 0.285 e. The molecule has 2 aromatic heterocycles. The number of piperazine rings is 1. The summed E-state index contributed by atoms with van der Waals surface area (Å²) in [6.07, 6.45) is 2.98. The Balaban J connectivity index is 1.62. The summed E-state index contributed by atoms with van der Waals surface area (Å²) in [4.78, 5) is 6.67. The highest BCUT2D eigenvalue weighted by Crippen LogP contribution is 2.26. The lowest BCUT2D eigenvalue weighted by molar-refractivity contribution is 0.582. The molecule has 1 saturated heterocycles.